The first kappa shape index (κ1) is 27.2. The molecule has 0 radical (unpaired) electrons. The van der Waals surface area contributed by atoms with Crippen LogP contribution in [-0.4, -0.2) is 38.9 Å². The number of hydrogen-bond acceptors (Lipinski definition) is 5. The summed E-state index contributed by atoms with van der Waals surface area (Å²) in [5.41, 5.74) is 11.5. The third-order valence-electron chi connectivity index (χ3n) is 9.63. The number of hydrogen-bond donors (Lipinski definition) is 3. The molecular formula is C39H39N5. The van der Waals surface area contributed by atoms with E-state index in [1.54, 1.807) is 0 Å². The predicted molar refractivity (Wildman–Crippen MR) is 183 cm³/mol. The van der Waals surface area contributed by atoms with E-state index in [4.69, 9.17) is 0 Å². The molecule has 0 bridgehead atoms. The first-order chi connectivity index (χ1) is 21.8. The molecule has 3 N–H and O–H groups in total. The summed E-state index contributed by atoms with van der Waals surface area (Å²) in [5, 5.41) is 10.6. The van der Waals surface area contributed by atoms with Crippen LogP contribution < -0.4 is 25.8 Å². The Bertz CT molecular complexity index is 1660. The zero-order valence-electron chi connectivity index (χ0n) is 25.0. The topological polar surface area (TPSA) is 42.6 Å². The van der Waals surface area contributed by atoms with Gasteiger partial charge in [-0.05, 0) is 89.8 Å². The summed E-state index contributed by atoms with van der Waals surface area (Å²) in [5.74, 6) is 0.976. The van der Waals surface area contributed by atoms with E-state index < -0.39 is 0 Å². The monoisotopic (exact) mass is 577 g/mol. The molecule has 2 saturated heterocycles. The van der Waals surface area contributed by atoms with E-state index in [1.165, 1.54) is 50.7 Å². The molecule has 0 aromatic heterocycles. The van der Waals surface area contributed by atoms with Gasteiger partial charge in [-0.15, -0.1) is 0 Å². The van der Waals surface area contributed by atoms with Crippen molar-refractivity contribution < 1.29 is 0 Å². The van der Waals surface area contributed by atoms with Crippen molar-refractivity contribution >= 4 is 28.4 Å². The zero-order valence-corrected chi connectivity index (χ0v) is 25.0. The maximum Gasteiger partial charge on any atom is 0.0466 e. The number of para-hydroxylation sites is 2. The lowest BCUT2D eigenvalue weighted by Crippen LogP contribution is -2.42. The van der Waals surface area contributed by atoms with Gasteiger partial charge in [0.1, 0.15) is 0 Å². The summed E-state index contributed by atoms with van der Waals surface area (Å²) in [6.07, 6.45) is 1.13. The van der Waals surface area contributed by atoms with Crippen LogP contribution in [0, 0.1) is 0 Å². The highest BCUT2D eigenvalue weighted by Crippen LogP contribution is 2.49. The van der Waals surface area contributed by atoms with Crippen molar-refractivity contribution in [3.05, 3.63) is 139 Å². The van der Waals surface area contributed by atoms with Gasteiger partial charge in [-0.3, -0.25) is 0 Å². The molecule has 3 aliphatic heterocycles. The van der Waals surface area contributed by atoms with Gasteiger partial charge < -0.3 is 25.8 Å². The van der Waals surface area contributed by atoms with Gasteiger partial charge in [0.2, 0.25) is 0 Å². The van der Waals surface area contributed by atoms with Crippen LogP contribution in [0.4, 0.5) is 28.4 Å². The Balaban J connectivity index is 1.11. The molecule has 3 aliphatic rings. The second-order valence-corrected chi connectivity index (χ2v) is 12.2. The van der Waals surface area contributed by atoms with Gasteiger partial charge in [-0.1, -0.05) is 72.8 Å². The number of fused-ring (bicyclic) bond motifs is 3. The quantitative estimate of drug-likeness (QED) is 0.193. The summed E-state index contributed by atoms with van der Waals surface area (Å²) in [7, 11) is 0. The first-order valence-corrected chi connectivity index (χ1v) is 16.0. The van der Waals surface area contributed by atoms with Gasteiger partial charge in [0.25, 0.3) is 0 Å². The normalized spacial score (nSPS) is 19.8. The van der Waals surface area contributed by atoms with Crippen LogP contribution in [0.3, 0.4) is 0 Å². The molecule has 2 unspecified atom stereocenters. The average molecular weight is 578 g/mol. The minimum atomic E-state index is 0.447. The highest BCUT2D eigenvalue weighted by atomic mass is 15.2. The molecule has 0 saturated carbocycles. The van der Waals surface area contributed by atoms with Gasteiger partial charge in [-0.2, -0.15) is 0 Å². The molecule has 5 heteroatoms. The van der Waals surface area contributed by atoms with Crippen molar-refractivity contribution in [1.82, 2.24) is 16.0 Å². The van der Waals surface area contributed by atoms with Gasteiger partial charge in [-0.25, -0.2) is 0 Å². The Labute approximate surface area is 260 Å². The van der Waals surface area contributed by atoms with Crippen LogP contribution in [0.15, 0.2) is 127 Å². The second-order valence-electron chi connectivity index (χ2n) is 12.2. The minimum absolute atomic E-state index is 0.447. The number of anilines is 5. The summed E-state index contributed by atoms with van der Waals surface area (Å²) in [6, 6.07) is 47.3. The Kier molecular flexibility index (Phi) is 7.36. The summed E-state index contributed by atoms with van der Waals surface area (Å²) < 4.78 is 0. The van der Waals surface area contributed by atoms with E-state index in [1.807, 2.05) is 0 Å². The molecule has 5 aromatic carbocycles. The van der Waals surface area contributed by atoms with Crippen molar-refractivity contribution in [2.75, 3.05) is 42.6 Å². The van der Waals surface area contributed by atoms with Gasteiger partial charge in [0.05, 0.1) is 0 Å². The molecule has 8 rings (SSSR count). The molecule has 3 heterocycles. The summed E-state index contributed by atoms with van der Waals surface area (Å²) >= 11 is 0. The lowest BCUT2D eigenvalue weighted by molar-refractivity contribution is 0.419. The van der Waals surface area contributed by atoms with E-state index in [2.05, 4.69) is 153 Å². The fraction of sp³-hybridized carbons (Fsp3) is 0.231. The Morgan fingerprint density at radius 1 is 0.591 bits per heavy atom. The summed E-state index contributed by atoms with van der Waals surface area (Å²) in [4.78, 5) is 4.98. The molecule has 0 spiro atoms. The van der Waals surface area contributed by atoms with E-state index in [0.29, 0.717) is 17.9 Å². The molecular weight excluding hydrogens is 538 g/mol. The van der Waals surface area contributed by atoms with Gasteiger partial charge >= 0.3 is 0 Å². The fourth-order valence-electron chi connectivity index (χ4n) is 7.43. The minimum Gasteiger partial charge on any atom is -0.337 e. The Morgan fingerprint density at radius 3 is 1.89 bits per heavy atom. The van der Waals surface area contributed by atoms with Crippen LogP contribution in [0.5, 0.6) is 0 Å². The van der Waals surface area contributed by atoms with E-state index in [-0.39, 0.29) is 0 Å². The molecule has 5 nitrogen and oxygen atoms in total. The largest absolute Gasteiger partial charge is 0.337 e. The van der Waals surface area contributed by atoms with E-state index in [0.717, 1.165) is 39.3 Å². The predicted octanol–water partition coefficient (Wildman–Crippen LogP) is 7.65. The maximum atomic E-state index is 3.69. The van der Waals surface area contributed by atoms with Crippen LogP contribution in [0.2, 0.25) is 0 Å². The molecule has 5 aromatic rings. The first-order valence-electron chi connectivity index (χ1n) is 16.0. The smallest absolute Gasteiger partial charge is 0.0466 e. The Morgan fingerprint density at radius 2 is 1.23 bits per heavy atom. The van der Waals surface area contributed by atoms with Crippen LogP contribution in [0.25, 0.3) is 11.1 Å². The third kappa shape index (κ3) is 5.07. The third-order valence-corrected chi connectivity index (χ3v) is 9.63. The SMILES string of the molecule is c1ccc(N(c2ccccc2)c2ccc3c(c2)C2CNCCC2N3c2ccc(-c3ccc(C4CNCNC4)cc3)cc2)cc1. The van der Waals surface area contributed by atoms with Crippen molar-refractivity contribution in [3.8, 4) is 11.1 Å². The lowest BCUT2D eigenvalue weighted by Gasteiger charge is -2.34. The maximum absolute atomic E-state index is 3.69. The number of benzene rings is 5. The molecule has 2 fully saturated rings. The second kappa shape index (κ2) is 11.9. The number of rotatable bonds is 6. The zero-order chi connectivity index (χ0) is 29.3. The van der Waals surface area contributed by atoms with Crippen molar-refractivity contribution in [3.63, 3.8) is 0 Å². The van der Waals surface area contributed by atoms with Crippen molar-refractivity contribution in [2.24, 2.45) is 0 Å². The molecule has 2 atom stereocenters. The Hall–Kier alpha value is -4.42. The van der Waals surface area contributed by atoms with Crippen LogP contribution >= 0.6 is 0 Å². The molecule has 44 heavy (non-hydrogen) atoms. The van der Waals surface area contributed by atoms with E-state index >= 15 is 0 Å². The average Bonchev–Trinajstić information content (AvgIpc) is 3.44. The van der Waals surface area contributed by atoms with Crippen molar-refractivity contribution in [2.45, 2.75) is 24.3 Å². The van der Waals surface area contributed by atoms with Crippen molar-refractivity contribution in [1.29, 1.82) is 0 Å². The highest BCUT2D eigenvalue weighted by Gasteiger charge is 2.41. The number of piperidine rings is 1. The summed E-state index contributed by atoms with van der Waals surface area (Å²) in [6.45, 7) is 5.03. The molecule has 0 aliphatic carbocycles. The van der Waals surface area contributed by atoms with Gasteiger partial charge in [0, 0.05) is 72.6 Å². The van der Waals surface area contributed by atoms with Crippen LogP contribution in [-0.2, 0) is 0 Å². The standard InChI is InChI=1S/C39H39N5/c1-3-7-32(8-4-1)43(33-9-5-2-6-10-33)35-19-20-38-36(23-35)37-26-40-22-21-39(37)44(38)34-17-15-29(16-18-34)28-11-13-30(14-12-28)31-24-41-27-42-25-31/h1-20,23,31,37,39-42H,21-22,24-27H2. The lowest BCUT2D eigenvalue weighted by atomic mass is 9.89. The fourth-order valence-corrected chi connectivity index (χ4v) is 7.43. The highest BCUT2D eigenvalue weighted by molar-refractivity contribution is 5.82. The van der Waals surface area contributed by atoms with E-state index in [9.17, 15) is 0 Å². The molecule has 0 amide bonds. The molecule has 220 valence electrons. The van der Waals surface area contributed by atoms with Gasteiger partial charge in [0.15, 0.2) is 0 Å². The van der Waals surface area contributed by atoms with Crippen LogP contribution in [0.1, 0.15) is 29.4 Å². The number of nitrogens with zero attached hydrogens (tertiary/aromatic N) is 2. The number of nitrogens with one attached hydrogen (secondary N) is 3.